The molecule has 12 heteroatoms. The number of nitrogens with one attached hydrogen (secondary N) is 1. The van der Waals surface area contributed by atoms with Gasteiger partial charge in [-0.2, -0.15) is 18.3 Å². The Morgan fingerprint density at radius 1 is 1.05 bits per heavy atom. The number of rotatable bonds is 9. The number of aryl methyl sites for hydroxylation is 1. The minimum atomic E-state index is -4.77. The Morgan fingerprint density at radius 3 is 2.45 bits per heavy atom. The van der Waals surface area contributed by atoms with E-state index < -0.39 is 23.3 Å². The molecule has 44 heavy (non-hydrogen) atoms. The number of carbonyl (C=O) groups is 2. The molecule has 1 aromatic heterocycles. The van der Waals surface area contributed by atoms with Crippen LogP contribution in [0.4, 0.5) is 18.9 Å². The lowest BCUT2D eigenvalue weighted by Crippen LogP contribution is -2.34. The number of halogens is 3. The van der Waals surface area contributed by atoms with E-state index in [0.717, 1.165) is 48.9 Å². The minimum absolute atomic E-state index is 0.0390. The van der Waals surface area contributed by atoms with Crippen molar-refractivity contribution < 1.29 is 32.2 Å². The number of hydrogen-bond donors (Lipinski definition) is 1. The fourth-order valence-electron chi connectivity index (χ4n) is 6.54. The molecule has 3 aromatic rings. The van der Waals surface area contributed by atoms with Crippen LogP contribution in [0.15, 0.2) is 54.7 Å². The van der Waals surface area contributed by atoms with Gasteiger partial charge in [0, 0.05) is 56.9 Å². The van der Waals surface area contributed by atoms with E-state index in [4.69, 9.17) is 9.47 Å². The molecule has 2 amide bonds. The summed E-state index contributed by atoms with van der Waals surface area (Å²) in [6, 6.07) is 14.4. The first-order valence-corrected chi connectivity index (χ1v) is 15.0. The van der Waals surface area contributed by atoms with Crippen LogP contribution in [-0.4, -0.2) is 79.5 Å². The van der Waals surface area contributed by atoms with Crippen LogP contribution in [0, 0.1) is 17.8 Å². The van der Waals surface area contributed by atoms with E-state index >= 15 is 0 Å². The van der Waals surface area contributed by atoms with Crippen LogP contribution in [0.3, 0.4) is 0 Å². The Balaban J connectivity index is 1.06. The van der Waals surface area contributed by atoms with Crippen molar-refractivity contribution in [3.05, 3.63) is 71.5 Å². The molecular formula is C32H36F3N5O4. The standard InChI is InChI=1S/C32H36F3N5O4/c1-43-27-9-7-25(8-10-27)40-29(32(33,34)35)28(15-37-40)31(42)39-18-23-16-38(17-24(23)19-39)26-6-2-4-21(14-26)5-3-12-36-30(41)22-11-13-44-20-22/h2,4,6-10,14-15,22-24H,3,5,11-13,16-20H2,1H3,(H,36,41)/t22?,23-,24?/m0/s1. The molecule has 3 aliphatic heterocycles. The quantitative estimate of drug-likeness (QED) is 0.365. The molecule has 3 aliphatic rings. The number of carbonyl (C=O) groups excluding carboxylic acids is 2. The van der Waals surface area contributed by atoms with Gasteiger partial charge in [0.2, 0.25) is 5.91 Å². The van der Waals surface area contributed by atoms with Gasteiger partial charge in [0.25, 0.3) is 5.91 Å². The van der Waals surface area contributed by atoms with Crippen molar-refractivity contribution in [3.63, 3.8) is 0 Å². The van der Waals surface area contributed by atoms with Crippen molar-refractivity contribution in [1.29, 1.82) is 0 Å². The highest BCUT2D eigenvalue weighted by atomic mass is 19.4. The van der Waals surface area contributed by atoms with E-state index in [1.54, 1.807) is 17.0 Å². The number of amides is 2. The van der Waals surface area contributed by atoms with Gasteiger partial charge in [0.05, 0.1) is 37.1 Å². The van der Waals surface area contributed by atoms with Crippen molar-refractivity contribution in [3.8, 4) is 11.4 Å². The van der Waals surface area contributed by atoms with Gasteiger partial charge >= 0.3 is 6.18 Å². The monoisotopic (exact) mass is 611 g/mol. The van der Waals surface area contributed by atoms with Crippen LogP contribution in [0.1, 0.15) is 34.5 Å². The van der Waals surface area contributed by atoms with Crippen molar-refractivity contribution in [1.82, 2.24) is 20.0 Å². The third kappa shape index (κ3) is 6.26. The number of hydrogen-bond acceptors (Lipinski definition) is 6. The van der Waals surface area contributed by atoms with Crippen molar-refractivity contribution in [2.24, 2.45) is 17.8 Å². The molecule has 1 N–H and O–H groups in total. The molecule has 3 atom stereocenters. The van der Waals surface area contributed by atoms with Gasteiger partial charge in [-0.25, -0.2) is 4.68 Å². The van der Waals surface area contributed by atoms with Crippen LogP contribution >= 0.6 is 0 Å². The van der Waals surface area contributed by atoms with E-state index in [1.165, 1.54) is 24.8 Å². The van der Waals surface area contributed by atoms with Crippen LogP contribution in [0.25, 0.3) is 5.69 Å². The van der Waals surface area contributed by atoms with Crippen molar-refractivity contribution in [2.75, 3.05) is 57.9 Å². The van der Waals surface area contributed by atoms with Gasteiger partial charge in [-0.3, -0.25) is 9.59 Å². The highest BCUT2D eigenvalue weighted by Gasteiger charge is 2.45. The number of aromatic nitrogens is 2. The topological polar surface area (TPSA) is 88.9 Å². The molecule has 0 spiro atoms. The number of likely N-dealkylation sites (tertiary alicyclic amines) is 1. The Labute approximate surface area is 253 Å². The van der Waals surface area contributed by atoms with E-state index in [0.29, 0.717) is 38.6 Å². The number of alkyl halides is 3. The number of anilines is 1. The second kappa shape index (κ2) is 12.5. The largest absolute Gasteiger partial charge is 0.497 e. The highest BCUT2D eigenvalue weighted by molar-refractivity contribution is 5.95. The first-order chi connectivity index (χ1) is 21.2. The number of methoxy groups -OCH3 is 1. The molecule has 0 radical (unpaired) electrons. The van der Waals surface area contributed by atoms with Crippen molar-refractivity contribution >= 4 is 17.5 Å². The van der Waals surface area contributed by atoms with E-state index in [1.807, 2.05) is 6.07 Å². The molecule has 0 saturated carbocycles. The Bertz CT molecular complexity index is 1470. The zero-order valence-electron chi connectivity index (χ0n) is 24.6. The molecule has 2 unspecified atom stereocenters. The Kier molecular flexibility index (Phi) is 8.53. The summed E-state index contributed by atoms with van der Waals surface area (Å²) in [5.41, 5.74) is 0.962. The second-order valence-corrected chi connectivity index (χ2v) is 11.8. The summed E-state index contributed by atoms with van der Waals surface area (Å²) in [7, 11) is 1.47. The molecule has 9 nitrogen and oxygen atoms in total. The van der Waals surface area contributed by atoms with Crippen LogP contribution in [0.2, 0.25) is 0 Å². The van der Waals surface area contributed by atoms with Gasteiger partial charge < -0.3 is 24.6 Å². The number of benzene rings is 2. The van der Waals surface area contributed by atoms with E-state index in [2.05, 4.69) is 33.5 Å². The smallest absolute Gasteiger partial charge is 0.434 e. The van der Waals surface area contributed by atoms with Crippen LogP contribution in [0.5, 0.6) is 5.75 Å². The fourth-order valence-corrected chi connectivity index (χ4v) is 6.54. The van der Waals surface area contributed by atoms with Gasteiger partial charge in [-0.05, 0) is 61.2 Å². The average molecular weight is 612 g/mol. The SMILES string of the molecule is COc1ccc(-n2ncc(C(=O)N3CC4CN(c5cccc(CCCNC(=O)C6CCOC6)c5)C[C@H]4C3)c2C(F)(F)F)cc1. The molecule has 3 saturated heterocycles. The number of fused-ring (bicyclic) bond motifs is 1. The molecule has 2 aromatic carbocycles. The van der Waals surface area contributed by atoms with E-state index in [-0.39, 0.29) is 29.3 Å². The predicted molar refractivity (Wildman–Crippen MR) is 157 cm³/mol. The molecule has 0 aliphatic carbocycles. The van der Waals surface area contributed by atoms with Crippen LogP contribution < -0.4 is 15.0 Å². The minimum Gasteiger partial charge on any atom is -0.497 e. The second-order valence-electron chi connectivity index (χ2n) is 11.8. The average Bonchev–Trinajstić information content (AvgIpc) is 3.82. The van der Waals surface area contributed by atoms with E-state index in [9.17, 15) is 22.8 Å². The molecule has 234 valence electrons. The Hall–Kier alpha value is -4.06. The zero-order chi connectivity index (χ0) is 30.8. The van der Waals surface area contributed by atoms with Gasteiger partial charge in [-0.1, -0.05) is 12.1 Å². The maximum absolute atomic E-state index is 14.2. The summed E-state index contributed by atoms with van der Waals surface area (Å²) in [6.07, 6.45) is -1.29. The summed E-state index contributed by atoms with van der Waals surface area (Å²) < 4.78 is 53.9. The summed E-state index contributed by atoms with van der Waals surface area (Å²) in [5.74, 6) is 0.224. The summed E-state index contributed by atoms with van der Waals surface area (Å²) in [4.78, 5) is 29.5. The molecule has 4 heterocycles. The third-order valence-electron chi connectivity index (χ3n) is 8.88. The first kappa shape index (κ1) is 30.0. The third-order valence-corrected chi connectivity index (χ3v) is 8.88. The predicted octanol–water partition coefficient (Wildman–Crippen LogP) is 4.19. The molecule has 6 rings (SSSR count). The molecule has 3 fully saturated rings. The lowest BCUT2D eigenvalue weighted by Gasteiger charge is -2.24. The summed E-state index contributed by atoms with van der Waals surface area (Å²) in [6.45, 7) is 4.03. The molecular weight excluding hydrogens is 575 g/mol. The normalized spacial score (nSPS) is 21.5. The van der Waals surface area contributed by atoms with Crippen LogP contribution in [-0.2, 0) is 22.1 Å². The first-order valence-electron chi connectivity index (χ1n) is 15.0. The van der Waals surface area contributed by atoms with Gasteiger partial charge in [0.15, 0.2) is 5.69 Å². The maximum atomic E-state index is 14.2. The summed E-state index contributed by atoms with van der Waals surface area (Å²) >= 11 is 0. The highest BCUT2D eigenvalue weighted by Crippen LogP contribution is 2.38. The summed E-state index contributed by atoms with van der Waals surface area (Å²) in [5, 5.41) is 6.97. The van der Waals surface area contributed by atoms with Gasteiger partial charge in [-0.15, -0.1) is 0 Å². The number of nitrogens with zero attached hydrogens (tertiary/aromatic N) is 4. The number of ether oxygens (including phenoxy) is 2. The lowest BCUT2D eigenvalue weighted by atomic mass is 10.0. The zero-order valence-corrected chi connectivity index (χ0v) is 24.6. The van der Waals surface area contributed by atoms with Gasteiger partial charge in [0.1, 0.15) is 5.75 Å². The lowest BCUT2D eigenvalue weighted by molar-refractivity contribution is -0.143. The Morgan fingerprint density at radius 2 is 1.80 bits per heavy atom. The maximum Gasteiger partial charge on any atom is 0.434 e. The molecule has 0 bridgehead atoms. The fraction of sp³-hybridized carbons (Fsp3) is 0.469. The van der Waals surface area contributed by atoms with Crippen molar-refractivity contribution in [2.45, 2.75) is 25.4 Å².